The van der Waals surface area contributed by atoms with Crippen molar-refractivity contribution >= 4 is 0 Å². The molecule has 0 saturated heterocycles. The minimum absolute atomic E-state index is 0.225. The number of aliphatic hydroxyl groups is 1. The van der Waals surface area contributed by atoms with Gasteiger partial charge in [0.15, 0.2) is 0 Å². The van der Waals surface area contributed by atoms with Crippen molar-refractivity contribution in [1.29, 1.82) is 0 Å². The van der Waals surface area contributed by atoms with E-state index in [1.54, 1.807) is 0 Å². The molecule has 0 saturated carbocycles. The first-order valence-electron chi connectivity index (χ1n) is 5.16. The van der Waals surface area contributed by atoms with Gasteiger partial charge in [-0.1, -0.05) is 32.0 Å². The average Bonchev–Trinajstić information content (AvgIpc) is 2.09. The van der Waals surface area contributed by atoms with E-state index in [-0.39, 0.29) is 5.92 Å². The van der Waals surface area contributed by atoms with E-state index in [1.165, 1.54) is 11.1 Å². The van der Waals surface area contributed by atoms with E-state index in [0.717, 1.165) is 5.56 Å². The second kappa shape index (κ2) is 3.74. The second-order valence-electron chi connectivity index (χ2n) is 4.55. The topological polar surface area (TPSA) is 20.2 Å². The largest absolute Gasteiger partial charge is 0.385 e. The van der Waals surface area contributed by atoms with Crippen LogP contribution in [0.4, 0.5) is 0 Å². The van der Waals surface area contributed by atoms with Crippen LogP contribution in [-0.2, 0) is 5.60 Å². The molecule has 0 heterocycles. The highest BCUT2D eigenvalue weighted by molar-refractivity contribution is 5.37. The van der Waals surface area contributed by atoms with Crippen LogP contribution in [0.3, 0.4) is 0 Å². The quantitative estimate of drug-likeness (QED) is 0.763. The molecule has 1 N–H and O–H groups in total. The maximum absolute atomic E-state index is 10.4. The molecule has 1 nitrogen and oxygen atoms in total. The summed E-state index contributed by atoms with van der Waals surface area (Å²) in [5, 5.41) is 10.4. The van der Waals surface area contributed by atoms with E-state index < -0.39 is 5.60 Å². The summed E-state index contributed by atoms with van der Waals surface area (Å²) < 4.78 is 0. The maximum Gasteiger partial charge on any atom is 0.0893 e. The molecule has 0 radical (unpaired) electrons. The Bertz CT molecular complexity index is 324. The Hall–Kier alpha value is -0.820. The Morgan fingerprint density at radius 3 is 2.29 bits per heavy atom. The van der Waals surface area contributed by atoms with Gasteiger partial charge in [0, 0.05) is 0 Å². The van der Waals surface area contributed by atoms with Crippen LogP contribution in [0.1, 0.15) is 37.5 Å². The van der Waals surface area contributed by atoms with Crippen LogP contribution < -0.4 is 0 Å². The van der Waals surface area contributed by atoms with Gasteiger partial charge < -0.3 is 5.11 Å². The Labute approximate surface area is 86.8 Å². The summed E-state index contributed by atoms with van der Waals surface area (Å²) in [6.07, 6.45) is 0. The molecule has 0 aliphatic heterocycles. The normalized spacial score (nSPS) is 15.6. The number of benzene rings is 1. The molecule has 1 heteroatoms. The summed E-state index contributed by atoms with van der Waals surface area (Å²) >= 11 is 0. The van der Waals surface area contributed by atoms with Crippen molar-refractivity contribution in [2.24, 2.45) is 5.92 Å². The van der Waals surface area contributed by atoms with E-state index in [2.05, 4.69) is 19.9 Å². The fourth-order valence-electron chi connectivity index (χ4n) is 1.61. The first-order valence-corrected chi connectivity index (χ1v) is 5.16. The molecule has 1 aromatic carbocycles. The molecule has 1 aromatic rings. The van der Waals surface area contributed by atoms with Crippen LogP contribution in [0, 0.1) is 19.8 Å². The molecule has 0 fully saturated rings. The van der Waals surface area contributed by atoms with Gasteiger partial charge in [0.05, 0.1) is 5.60 Å². The third-order valence-electron chi connectivity index (χ3n) is 3.27. The van der Waals surface area contributed by atoms with E-state index in [1.807, 2.05) is 32.9 Å². The SMILES string of the molecule is Cc1cccc([C@@](C)(O)C(C)C)c1C. The first kappa shape index (κ1) is 11.3. The maximum atomic E-state index is 10.4. The molecule has 0 aromatic heterocycles. The first-order chi connectivity index (χ1) is 6.37. The fraction of sp³-hybridized carbons (Fsp3) is 0.538. The highest BCUT2D eigenvalue weighted by Gasteiger charge is 2.28. The van der Waals surface area contributed by atoms with Gasteiger partial charge in [-0.3, -0.25) is 0 Å². The van der Waals surface area contributed by atoms with E-state index in [4.69, 9.17) is 0 Å². The number of rotatable bonds is 2. The number of aryl methyl sites for hydroxylation is 1. The summed E-state index contributed by atoms with van der Waals surface area (Å²) in [4.78, 5) is 0. The van der Waals surface area contributed by atoms with Crippen molar-refractivity contribution < 1.29 is 5.11 Å². The van der Waals surface area contributed by atoms with Gasteiger partial charge >= 0.3 is 0 Å². The standard InChI is InChI=1S/C13H20O/c1-9(2)13(5,14)12-8-6-7-10(3)11(12)4/h6-9,14H,1-5H3/t13-/m0/s1. The molecule has 0 aliphatic rings. The van der Waals surface area contributed by atoms with Crippen molar-refractivity contribution in [3.8, 4) is 0 Å². The molecule has 14 heavy (non-hydrogen) atoms. The fourth-order valence-corrected chi connectivity index (χ4v) is 1.61. The summed E-state index contributed by atoms with van der Waals surface area (Å²) in [7, 11) is 0. The smallest absolute Gasteiger partial charge is 0.0893 e. The molecular formula is C13H20O. The Balaban J connectivity index is 3.26. The summed E-state index contributed by atoms with van der Waals surface area (Å²) in [5.74, 6) is 0.225. The summed E-state index contributed by atoms with van der Waals surface area (Å²) in [5.41, 5.74) is 2.76. The van der Waals surface area contributed by atoms with E-state index >= 15 is 0 Å². The highest BCUT2D eigenvalue weighted by atomic mass is 16.3. The zero-order valence-electron chi connectivity index (χ0n) is 9.76. The van der Waals surface area contributed by atoms with Crippen LogP contribution in [0.15, 0.2) is 18.2 Å². The molecule has 0 bridgehead atoms. The molecule has 0 amide bonds. The second-order valence-corrected chi connectivity index (χ2v) is 4.55. The Morgan fingerprint density at radius 1 is 1.21 bits per heavy atom. The third-order valence-corrected chi connectivity index (χ3v) is 3.27. The van der Waals surface area contributed by atoms with Crippen LogP contribution >= 0.6 is 0 Å². The van der Waals surface area contributed by atoms with Crippen molar-refractivity contribution in [1.82, 2.24) is 0 Å². The van der Waals surface area contributed by atoms with Crippen molar-refractivity contribution in [3.05, 3.63) is 34.9 Å². The molecule has 0 spiro atoms. The van der Waals surface area contributed by atoms with Crippen LogP contribution in [-0.4, -0.2) is 5.11 Å². The van der Waals surface area contributed by atoms with Gasteiger partial charge in [0.2, 0.25) is 0 Å². The van der Waals surface area contributed by atoms with Gasteiger partial charge in [0.25, 0.3) is 0 Å². The average molecular weight is 192 g/mol. The minimum Gasteiger partial charge on any atom is -0.385 e. The van der Waals surface area contributed by atoms with Gasteiger partial charge in [-0.2, -0.15) is 0 Å². The predicted octanol–water partition coefficient (Wildman–Crippen LogP) is 3.17. The molecule has 0 aliphatic carbocycles. The van der Waals surface area contributed by atoms with Gasteiger partial charge in [-0.05, 0) is 43.4 Å². The van der Waals surface area contributed by atoms with Gasteiger partial charge in [0.1, 0.15) is 0 Å². The number of hydrogen-bond acceptors (Lipinski definition) is 1. The minimum atomic E-state index is -0.726. The Morgan fingerprint density at radius 2 is 1.79 bits per heavy atom. The lowest BCUT2D eigenvalue weighted by Gasteiger charge is -2.30. The van der Waals surface area contributed by atoms with E-state index in [9.17, 15) is 5.11 Å². The molecule has 1 rings (SSSR count). The predicted molar refractivity (Wildman–Crippen MR) is 60.3 cm³/mol. The molecule has 1 atom stereocenters. The lowest BCUT2D eigenvalue weighted by atomic mass is 9.82. The summed E-state index contributed by atoms with van der Waals surface area (Å²) in [6.45, 7) is 10.1. The van der Waals surface area contributed by atoms with Crippen molar-refractivity contribution in [2.45, 2.75) is 40.2 Å². The molecular weight excluding hydrogens is 172 g/mol. The molecule has 0 unspecified atom stereocenters. The zero-order chi connectivity index (χ0) is 10.9. The number of hydrogen-bond donors (Lipinski definition) is 1. The Kier molecular flexibility index (Phi) is 3.01. The van der Waals surface area contributed by atoms with Crippen LogP contribution in [0.2, 0.25) is 0 Å². The van der Waals surface area contributed by atoms with Gasteiger partial charge in [-0.25, -0.2) is 0 Å². The van der Waals surface area contributed by atoms with Crippen LogP contribution in [0.5, 0.6) is 0 Å². The summed E-state index contributed by atoms with van der Waals surface area (Å²) in [6, 6.07) is 6.10. The van der Waals surface area contributed by atoms with E-state index in [0.29, 0.717) is 0 Å². The lowest BCUT2D eigenvalue weighted by Crippen LogP contribution is -2.29. The van der Waals surface area contributed by atoms with Gasteiger partial charge in [-0.15, -0.1) is 0 Å². The van der Waals surface area contributed by atoms with Crippen LogP contribution in [0.25, 0.3) is 0 Å². The third kappa shape index (κ3) is 1.83. The lowest BCUT2D eigenvalue weighted by molar-refractivity contribution is 0.00842. The monoisotopic (exact) mass is 192 g/mol. The van der Waals surface area contributed by atoms with Crippen molar-refractivity contribution in [3.63, 3.8) is 0 Å². The highest BCUT2D eigenvalue weighted by Crippen LogP contribution is 2.31. The molecule has 78 valence electrons. The van der Waals surface area contributed by atoms with Crippen molar-refractivity contribution in [2.75, 3.05) is 0 Å². The zero-order valence-corrected chi connectivity index (χ0v) is 9.76.